The Morgan fingerprint density at radius 1 is 1.30 bits per heavy atom. The van der Waals surface area contributed by atoms with Crippen LogP contribution in [0.1, 0.15) is 27.2 Å². The van der Waals surface area contributed by atoms with Crippen LogP contribution in [0.2, 0.25) is 0 Å². The lowest BCUT2D eigenvalue weighted by Gasteiger charge is -2.30. The van der Waals surface area contributed by atoms with E-state index in [2.05, 4.69) is 34.0 Å². The Hall–Kier alpha value is -1.56. The van der Waals surface area contributed by atoms with Crippen LogP contribution in [-0.4, -0.2) is 49.9 Å². The summed E-state index contributed by atoms with van der Waals surface area (Å²) in [6, 6.07) is 0.350. The van der Waals surface area contributed by atoms with Crippen molar-refractivity contribution in [1.82, 2.24) is 9.97 Å². The van der Waals surface area contributed by atoms with Gasteiger partial charge < -0.3 is 19.7 Å². The van der Waals surface area contributed by atoms with Gasteiger partial charge in [-0.15, -0.1) is 0 Å². The van der Waals surface area contributed by atoms with Crippen LogP contribution >= 0.6 is 0 Å². The minimum atomic E-state index is 0.350. The third-order valence-corrected chi connectivity index (χ3v) is 3.26. The Kier molecular flexibility index (Phi) is 7.08. The molecular formula is C14H26N4O2. The maximum Gasteiger partial charge on any atom is 0.204 e. The van der Waals surface area contributed by atoms with Crippen molar-refractivity contribution in [3.8, 4) is 5.75 Å². The molecule has 0 bridgehead atoms. The molecule has 1 N–H and O–H groups in total. The fourth-order valence-electron chi connectivity index (χ4n) is 2.00. The van der Waals surface area contributed by atoms with E-state index in [1.807, 2.05) is 6.92 Å². The second-order valence-electron chi connectivity index (χ2n) is 4.55. The van der Waals surface area contributed by atoms with Crippen LogP contribution in [0.3, 0.4) is 0 Å². The van der Waals surface area contributed by atoms with Crippen LogP contribution in [-0.2, 0) is 4.74 Å². The van der Waals surface area contributed by atoms with Crippen molar-refractivity contribution in [2.24, 2.45) is 0 Å². The molecule has 114 valence electrons. The van der Waals surface area contributed by atoms with Gasteiger partial charge in [0.1, 0.15) is 6.33 Å². The Bertz CT molecular complexity index is 401. The van der Waals surface area contributed by atoms with E-state index in [0.717, 1.165) is 31.1 Å². The molecule has 0 aliphatic rings. The van der Waals surface area contributed by atoms with Crippen LogP contribution in [0.15, 0.2) is 6.33 Å². The summed E-state index contributed by atoms with van der Waals surface area (Å²) in [4.78, 5) is 10.9. The van der Waals surface area contributed by atoms with Crippen molar-refractivity contribution in [1.29, 1.82) is 0 Å². The predicted octanol–water partition coefficient (Wildman–Crippen LogP) is 2.17. The lowest BCUT2D eigenvalue weighted by molar-refractivity contribution is 0.203. The molecule has 6 nitrogen and oxygen atoms in total. The first kappa shape index (κ1) is 16.5. The molecule has 1 unspecified atom stereocenters. The summed E-state index contributed by atoms with van der Waals surface area (Å²) in [5, 5.41) is 3.20. The average Bonchev–Trinajstić information content (AvgIpc) is 2.47. The molecule has 6 heteroatoms. The molecule has 0 aromatic carbocycles. The van der Waals surface area contributed by atoms with E-state index < -0.39 is 0 Å². The second kappa shape index (κ2) is 8.58. The van der Waals surface area contributed by atoms with E-state index in [9.17, 15) is 0 Å². The minimum absolute atomic E-state index is 0.350. The zero-order valence-electron chi connectivity index (χ0n) is 13.1. The number of hydrogen-bond donors (Lipinski definition) is 1. The smallest absolute Gasteiger partial charge is 0.204 e. The van der Waals surface area contributed by atoms with Crippen molar-refractivity contribution in [2.45, 2.75) is 33.2 Å². The van der Waals surface area contributed by atoms with Gasteiger partial charge in [-0.1, -0.05) is 6.92 Å². The number of nitrogens with zero attached hydrogens (tertiary/aromatic N) is 3. The van der Waals surface area contributed by atoms with E-state index in [-0.39, 0.29) is 0 Å². The van der Waals surface area contributed by atoms with Gasteiger partial charge in [-0.25, -0.2) is 9.97 Å². The van der Waals surface area contributed by atoms with Crippen LogP contribution in [0.5, 0.6) is 5.75 Å². The number of hydrogen-bond acceptors (Lipinski definition) is 6. The quantitative estimate of drug-likeness (QED) is 0.749. The standard InChI is InChI=1S/C14H26N4O2/c1-6-11(3)18(8-9-19-4)14-12(20-5)13(15-7-2)16-10-17-14/h10-11H,6-9H2,1-5H3,(H,15,16,17). The number of anilines is 2. The fourth-order valence-corrected chi connectivity index (χ4v) is 2.00. The zero-order chi connectivity index (χ0) is 15.0. The minimum Gasteiger partial charge on any atom is -0.490 e. The lowest BCUT2D eigenvalue weighted by atomic mass is 10.2. The first-order chi connectivity index (χ1) is 9.69. The van der Waals surface area contributed by atoms with Crippen molar-refractivity contribution in [3.05, 3.63) is 6.33 Å². The van der Waals surface area contributed by atoms with Crippen molar-refractivity contribution < 1.29 is 9.47 Å². The SMILES string of the molecule is CCNc1ncnc(N(CCOC)C(C)CC)c1OC. The fraction of sp³-hybridized carbons (Fsp3) is 0.714. The topological polar surface area (TPSA) is 59.5 Å². The molecule has 1 heterocycles. The highest BCUT2D eigenvalue weighted by Crippen LogP contribution is 2.33. The molecule has 0 aliphatic heterocycles. The van der Waals surface area contributed by atoms with Gasteiger partial charge in [0.05, 0.1) is 13.7 Å². The summed E-state index contributed by atoms with van der Waals surface area (Å²) in [6.45, 7) is 8.55. The average molecular weight is 282 g/mol. The molecule has 1 atom stereocenters. The number of methoxy groups -OCH3 is 2. The number of ether oxygens (including phenoxy) is 2. The Morgan fingerprint density at radius 2 is 2.05 bits per heavy atom. The first-order valence-corrected chi connectivity index (χ1v) is 7.07. The summed E-state index contributed by atoms with van der Waals surface area (Å²) < 4.78 is 10.7. The summed E-state index contributed by atoms with van der Waals surface area (Å²) in [6.07, 6.45) is 2.59. The largest absolute Gasteiger partial charge is 0.490 e. The Morgan fingerprint density at radius 3 is 2.60 bits per heavy atom. The molecule has 20 heavy (non-hydrogen) atoms. The first-order valence-electron chi connectivity index (χ1n) is 7.07. The molecular weight excluding hydrogens is 256 g/mol. The van der Waals surface area contributed by atoms with Crippen molar-refractivity contribution in [3.63, 3.8) is 0 Å². The van der Waals surface area contributed by atoms with Crippen LogP contribution in [0.25, 0.3) is 0 Å². The highest BCUT2D eigenvalue weighted by molar-refractivity contribution is 5.65. The maximum absolute atomic E-state index is 5.51. The molecule has 1 rings (SSSR count). The molecule has 0 radical (unpaired) electrons. The van der Waals surface area contributed by atoms with Gasteiger partial charge in [0.15, 0.2) is 11.6 Å². The van der Waals surface area contributed by atoms with Gasteiger partial charge in [-0.2, -0.15) is 0 Å². The van der Waals surface area contributed by atoms with Crippen molar-refractivity contribution >= 4 is 11.6 Å². The Balaban J connectivity index is 3.13. The van der Waals surface area contributed by atoms with Gasteiger partial charge in [0.25, 0.3) is 0 Å². The zero-order valence-corrected chi connectivity index (χ0v) is 13.1. The van der Waals surface area contributed by atoms with E-state index in [4.69, 9.17) is 9.47 Å². The lowest BCUT2D eigenvalue weighted by Crippen LogP contribution is -2.36. The second-order valence-corrected chi connectivity index (χ2v) is 4.55. The molecule has 0 saturated carbocycles. The molecule has 1 aromatic heterocycles. The third-order valence-electron chi connectivity index (χ3n) is 3.26. The van der Waals surface area contributed by atoms with E-state index >= 15 is 0 Å². The molecule has 0 spiro atoms. The third kappa shape index (κ3) is 3.96. The maximum atomic E-state index is 5.51. The summed E-state index contributed by atoms with van der Waals surface area (Å²) in [5.41, 5.74) is 0. The van der Waals surface area contributed by atoms with E-state index in [1.54, 1.807) is 20.5 Å². The Labute approximate surface area is 121 Å². The van der Waals surface area contributed by atoms with Gasteiger partial charge in [0, 0.05) is 26.2 Å². The molecule has 0 saturated heterocycles. The van der Waals surface area contributed by atoms with Crippen LogP contribution in [0.4, 0.5) is 11.6 Å². The summed E-state index contributed by atoms with van der Waals surface area (Å²) >= 11 is 0. The monoisotopic (exact) mass is 282 g/mol. The van der Waals surface area contributed by atoms with E-state index in [0.29, 0.717) is 18.4 Å². The predicted molar refractivity (Wildman–Crippen MR) is 81.7 cm³/mol. The van der Waals surface area contributed by atoms with Crippen LogP contribution in [0, 0.1) is 0 Å². The molecule has 0 amide bonds. The van der Waals surface area contributed by atoms with Crippen LogP contribution < -0.4 is 15.0 Å². The highest BCUT2D eigenvalue weighted by Gasteiger charge is 2.21. The normalized spacial score (nSPS) is 12.1. The van der Waals surface area contributed by atoms with Crippen molar-refractivity contribution in [2.75, 3.05) is 44.1 Å². The number of rotatable bonds is 9. The highest BCUT2D eigenvalue weighted by atomic mass is 16.5. The molecule has 0 aliphatic carbocycles. The summed E-state index contributed by atoms with van der Waals surface area (Å²) in [7, 11) is 3.35. The molecule has 0 fully saturated rings. The number of aromatic nitrogens is 2. The van der Waals surface area contributed by atoms with E-state index in [1.165, 1.54) is 0 Å². The summed E-state index contributed by atoms with van der Waals surface area (Å²) in [5.74, 6) is 2.22. The molecule has 1 aromatic rings. The van der Waals surface area contributed by atoms with Gasteiger partial charge >= 0.3 is 0 Å². The van der Waals surface area contributed by atoms with Gasteiger partial charge in [0.2, 0.25) is 5.75 Å². The number of nitrogens with one attached hydrogen (secondary N) is 1. The van der Waals surface area contributed by atoms with Gasteiger partial charge in [-0.05, 0) is 20.3 Å². The van der Waals surface area contributed by atoms with Gasteiger partial charge in [-0.3, -0.25) is 0 Å².